The number of hydrogen-bond acceptors (Lipinski definition) is 6. The smallest absolute Gasteiger partial charge is 0.290 e. The summed E-state index contributed by atoms with van der Waals surface area (Å²) >= 11 is 0. The molecule has 0 radical (unpaired) electrons. The van der Waals surface area contributed by atoms with E-state index in [0.29, 0.717) is 18.8 Å². The van der Waals surface area contributed by atoms with Crippen molar-refractivity contribution in [2.75, 3.05) is 60.7 Å². The molecule has 2 N–H and O–H groups in total. The van der Waals surface area contributed by atoms with Gasteiger partial charge in [0.1, 0.15) is 0 Å². The third kappa shape index (κ3) is 11.3. The molecule has 1 fully saturated rings. The molecule has 1 aliphatic rings. The van der Waals surface area contributed by atoms with Crippen LogP contribution in [0, 0.1) is 5.92 Å². The Morgan fingerprint density at radius 1 is 1.21 bits per heavy atom. The fourth-order valence-electron chi connectivity index (χ4n) is 2.55. The van der Waals surface area contributed by atoms with Crippen LogP contribution in [0.25, 0.3) is 0 Å². The quantitative estimate of drug-likeness (QED) is 0.488. The number of rotatable bonds is 8. The summed E-state index contributed by atoms with van der Waals surface area (Å²) in [5.74, 6) is 0.756. The normalized spacial score (nSPS) is 19.0. The zero-order valence-electron chi connectivity index (χ0n) is 15.6. The molecule has 8 nitrogen and oxygen atoms in total. The van der Waals surface area contributed by atoms with Gasteiger partial charge in [-0.05, 0) is 46.8 Å². The number of hydrogen-bond donors (Lipinski definition) is 2. The monoisotopic (exact) mass is 350 g/mol. The lowest BCUT2D eigenvalue weighted by Crippen LogP contribution is -2.44. The van der Waals surface area contributed by atoms with Crippen molar-refractivity contribution in [1.82, 2.24) is 9.80 Å². The Labute approximate surface area is 145 Å². The van der Waals surface area contributed by atoms with Crippen LogP contribution < -0.4 is 0 Å². The summed E-state index contributed by atoms with van der Waals surface area (Å²) in [7, 11) is 6.12. The van der Waals surface area contributed by atoms with Gasteiger partial charge < -0.3 is 29.5 Å². The maximum Gasteiger partial charge on any atom is 0.290 e. The van der Waals surface area contributed by atoms with Gasteiger partial charge in [-0.15, -0.1) is 0 Å². The van der Waals surface area contributed by atoms with Crippen molar-refractivity contribution < 1.29 is 29.3 Å². The largest absolute Gasteiger partial charge is 0.483 e. The van der Waals surface area contributed by atoms with Crippen molar-refractivity contribution in [3.63, 3.8) is 0 Å². The average Bonchev–Trinajstić information content (AvgIpc) is 2.75. The van der Waals surface area contributed by atoms with Crippen LogP contribution in [0.2, 0.25) is 0 Å². The Bertz CT molecular complexity index is 309. The van der Waals surface area contributed by atoms with Crippen LogP contribution in [-0.4, -0.2) is 99.2 Å². The Balaban J connectivity index is 0. The summed E-state index contributed by atoms with van der Waals surface area (Å²) in [6.45, 7) is 9.76. The zero-order valence-corrected chi connectivity index (χ0v) is 15.6. The van der Waals surface area contributed by atoms with E-state index in [2.05, 4.69) is 37.7 Å². The Hall–Kier alpha value is -1.22. The molecule has 0 aromatic heterocycles. The summed E-state index contributed by atoms with van der Waals surface area (Å²) in [5, 5.41) is 13.8. The first kappa shape index (κ1) is 25.0. The van der Waals surface area contributed by atoms with Crippen LogP contribution in [0.15, 0.2) is 0 Å². The predicted octanol–water partition coefficient (Wildman–Crippen LogP) is 0.713. The molecule has 144 valence electrons. The minimum Gasteiger partial charge on any atom is -0.483 e. The van der Waals surface area contributed by atoms with E-state index in [0.717, 1.165) is 25.6 Å². The first-order valence-electron chi connectivity index (χ1n) is 7.93. The van der Waals surface area contributed by atoms with Gasteiger partial charge in [-0.2, -0.15) is 0 Å². The molecule has 0 spiro atoms. The molecule has 24 heavy (non-hydrogen) atoms. The summed E-state index contributed by atoms with van der Waals surface area (Å²) < 4.78 is 10.5. The maximum absolute atomic E-state index is 8.36. The van der Waals surface area contributed by atoms with E-state index in [1.807, 2.05) is 0 Å². The third-order valence-electron chi connectivity index (χ3n) is 4.38. The number of ether oxygens (including phenoxy) is 2. The van der Waals surface area contributed by atoms with Gasteiger partial charge in [0, 0.05) is 25.7 Å². The molecule has 1 unspecified atom stereocenters. The van der Waals surface area contributed by atoms with Crippen LogP contribution in [0.4, 0.5) is 0 Å². The van der Waals surface area contributed by atoms with Crippen LogP contribution in [0.1, 0.15) is 20.3 Å². The number of likely N-dealkylation sites (tertiary alicyclic amines) is 1. The molecule has 0 aliphatic carbocycles. The van der Waals surface area contributed by atoms with E-state index in [4.69, 9.17) is 29.3 Å². The third-order valence-corrected chi connectivity index (χ3v) is 4.38. The van der Waals surface area contributed by atoms with E-state index < -0.39 is 0 Å². The van der Waals surface area contributed by atoms with Gasteiger partial charge >= 0.3 is 0 Å². The first-order chi connectivity index (χ1) is 11.3. The highest BCUT2D eigenvalue weighted by Gasteiger charge is 2.38. The second kappa shape index (κ2) is 15.3. The lowest BCUT2D eigenvalue weighted by Gasteiger charge is -2.35. The summed E-state index contributed by atoms with van der Waals surface area (Å²) in [4.78, 5) is 21.6. The van der Waals surface area contributed by atoms with Crippen LogP contribution in [0.5, 0.6) is 0 Å². The van der Waals surface area contributed by atoms with E-state index in [9.17, 15) is 0 Å². The van der Waals surface area contributed by atoms with E-state index in [1.54, 1.807) is 7.11 Å². The van der Waals surface area contributed by atoms with Crippen molar-refractivity contribution in [3.8, 4) is 0 Å². The van der Waals surface area contributed by atoms with Crippen molar-refractivity contribution in [2.24, 2.45) is 5.92 Å². The number of nitrogens with zero attached hydrogens (tertiary/aromatic N) is 2. The van der Waals surface area contributed by atoms with Gasteiger partial charge in [-0.1, -0.05) is 0 Å². The molecule has 1 aliphatic heterocycles. The van der Waals surface area contributed by atoms with Crippen LogP contribution >= 0.6 is 0 Å². The first-order valence-corrected chi connectivity index (χ1v) is 7.93. The highest BCUT2D eigenvalue weighted by molar-refractivity contribution is 5.33. The standard InChI is InChI=1S/C14H30N2O2.2CH2O2/c1-14(2)13(6-7-16(14)4)12-15(3)8-9-18-11-10-17-5;2*2-1-3/h13H,6-12H2,1-5H3;2*1H,(H,2,3). The summed E-state index contributed by atoms with van der Waals surface area (Å²) in [6.07, 6.45) is 1.30. The molecule has 0 bridgehead atoms. The van der Waals surface area contributed by atoms with Gasteiger partial charge in [0.05, 0.1) is 19.8 Å². The zero-order chi connectivity index (χ0) is 19.0. The summed E-state index contributed by atoms with van der Waals surface area (Å²) in [6, 6.07) is 0. The summed E-state index contributed by atoms with van der Waals surface area (Å²) in [5.41, 5.74) is 0.325. The van der Waals surface area contributed by atoms with Gasteiger partial charge in [0.2, 0.25) is 0 Å². The van der Waals surface area contributed by atoms with Gasteiger partial charge in [0.25, 0.3) is 12.9 Å². The molecule has 0 amide bonds. The molecule has 1 saturated heterocycles. The van der Waals surface area contributed by atoms with E-state index in [1.165, 1.54) is 13.0 Å². The Morgan fingerprint density at radius 2 is 1.75 bits per heavy atom. The number of methoxy groups -OCH3 is 1. The minimum atomic E-state index is -0.250. The number of carboxylic acid groups (broad SMARTS) is 2. The second-order valence-corrected chi connectivity index (χ2v) is 6.14. The molecule has 1 rings (SSSR count). The molecule has 0 saturated carbocycles. The lowest BCUT2D eigenvalue weighted by atomic mass is 9.88. The molecule has 0 aromatic rings. The Morgan fingerprint density at radius 3 is 2.17 bits per heavy atom. The molecular weight excluding hydrogens is 316 g/mol. The minimum absolute atomic E-state index is 0.250. The van der Waals surface area contributed by atoms with Crippen molar-refractivity contribution in [2.45, 2.75) is 25.8 Å². The van der Waals surface area contributed by atoms with Gasteiger partial charge in [-0.3, -0.25) is 9.59 Å². The second-order valence-electron chi connectivity index (χ2n) is 6.14. The van der Waals surface area contributed by atoms with Crippen molar-refractivity contribution in [3.05, 3.63) is 0 Å². The Kier molecular flexibility index (Phi) is 16.0. The molecule has 1 heterocycles. The van der Waals surface area contributed by atoms with Gasteiger partial charge in [-0.25, -0.2) is 0 Å². The molecule has 0 aromatic carbocycles. The van der Waals surface area contributed by atoms with Crippen molar-refractivity contribution in [1.29, 1.82) is 0 Å². The average molecular weight is 350 g/mol. The van der Waals surface area contributed by atoms with Crippen LogP contribution in [-0.2, 0) is 19.1 Å². The van der Waals surface area contributed by atoms with Crippen LogP contribution in [0.3, 0.4) is 0 Å². The fourth-order valence-corrected chi connectivity index (χ4v) is 2.55. The highest BCUT2D eigenvalue weighted by Crippen LogP contribution is 2.33. The lowest BCUT2D eigenvalue weighted by molar-refractivity contribution is -0.123. The number of likely N-dealkylation sites (N-methyl/N-ethyl adjacent to an activating group) is 1. The fraction of sp³-hybridized carbons (Fsp3) is 0.875. The topological polar surface area (TPSA) is 99.5 Å². The van der Waals surface area contributed by atoms with Crippen molar-refractivity contribution >= 4 is 12.9 Å². The van der Waals surface area contributed by atoms with E-state index in [-0.39, 0.29) is 12.9 Å². The van der Waals surface area contributed by atoms with Gasteiger partial charge in [0.15, 0.2) is 0 Å². The molecular formula is C16H34N2O6. The molecule has 8 heteroatoms. The molecule has 1 atom stereocenters. The SMILES string of the molecule is COCCOCCN(C)CC1CCN(C)C1(C)C.O=CO.O=CO. The predicted molar refractivity (Wildman–Crippen MR) is 92.4 cm³/mol. The number of carbonyl (C=O) groups is 2. The maximum atomic E-state index is 8.36. The van der Waals surface area contributed by atoms with E-state index >= 15 is 0 Å². The highest BCUT2D eigenvalue weighted by atomic mass is 16.5.